The Balaban J connectivity index is 2.14. The predicted molar refractivity (Wildman–Crippen MR) is 74.2 cm³/mol. The first-order chi connectivity index (χ1) is 8.45. The fourth-order valence-corrected chi connectivity index (χ4v) is 2.03. The molecule has 5 nitrogen and oxygen atoms in total. The van der Waals surface area contributed by atoms with Crippen LogP contribution < -0.4 is 11.2 Å². The highest BCUT2D eigenvalue weighted by atomic mass is 15.5. The maximum absolute atomic E-state index is 5.85. The highest BCUT2D eigenvalue weighted by Gasteiger charge is 2.19. The lowest BCUT2D eigenvalue weighted by molar-refractivity contribution is 0.272. The minimum Gasteiger partial charge on any atom is -0.384 e. The summed E-state index contributed by atoms with van der Waals surface area (Å²) >= 11 is 0. The molecule has 100 valence electrons. The van der Waals surface area contributed by atoms with Gasteiger partial charge >= 0.3 is 0 Å². The SMILES string of the molecule is CC(C)(C)c1nc(N)cc(NN2CCCCC2)n1. The van der Waals surface area contributed by atoms with Crippen molar-refractivity contribution in [3.05, 3.63) is 11.9 Å². The van der Waals surface area contributed by atoms with Gasteiger partial charge in [-0.25, -0.2) is 15.0 Å². The van der Waals surface area contributed by atoms with Gasteiger partial charge in [0.2, 0.25) is 0 Å². The zero-order valence-corrected chi connectivity index (χ0v) is 11.5. The molecule has 0 unspecified atom stereocenters. The number of hydrogen-bond acceptors (Lipinski definition) is 5. The van der Waals surface area contributed by atoms with Crippen molar-refractivity contribution in [3.63, 3.8) is 0 Å². The highest BCUT2D eigenvalue weighted by molar-refractivity contribution is 5.44. The predicted octanol–water partition coefficient (Wildman–Crippen LogP) is 2.17. The van der Waals surface area contributed by atoms with Crippen LogP contribution in [0.15, 0.2) is 6.07 Å². The smallest absolute Gasteiger partial charge is 0.146 e. The molecule has 5 heteroatoms. The van der Waals surface area contributed by atoms with Gasteiger partial charge in [-0.15, -0.1) is 0 Å². The molecular formula is C13H23N5. The zero-order valence-electron chi connectivity index (χ0n) is 11.5. The summed E-state index contributed by atoms with van der Waals surface area (Å²) in [6, 6.07) is 1.80. The van der Waals surface area contributed by atoms with E-state index in [-0.39, 0.29) is 5.41 Å². The average Bonchev–Trinajstić information content (AvgIpc) is 2.28. The molecule has 18 heavy (non-hydrogen) atoms. The summed E-state index contributed by atoms with van der Waals surface area (Å²) in [5.74, 6) is 2.10. The fourth-order valence-electron chi connectivity index (χ4n) is 2.03. The molecule has 0 aliphatic carbocycles. The van der Waals surface area contributed by atoms with E-state index in [2.05, 4.69) is 41.2 Å². The third-order valence-corrected chi connectivity index (χ3v) is 3.05. The minimum atomic E-state index is -0.0896. The number of nitrogens with zero attached hydrogens (tertiary/aromatic N) is 3. The van der Waals surface area contributed by atoms with Gasteiger partial charge in [0.15, 0.2) is 0 Å². The lowest BCUT2D eigenvalue weighted by Gasteiger charge is -2.28. The van der Waals surface area contributed by atoms with Crippen LogP contribution in [-0.4, -0.2) is 28.1 Å². The van der Waals surface area contributed by atoms with E-state index in [1.54, 1.807) is 6.07 Å². The van der Waals surface area contributed by atoms with Crippen LogP contribution in [0.4, 0.5) is 11.6 Å². The van der Waals surface area contributed by atoms with Gasteiger partial charge in [0, 0.05) is 24.6 Å². The fraction of sp³-hybridized carbons (Fsp3) is 0.692. The number of anilines is 2. The molecule has 0 saturated carbocycles. The van der Waals surface area contributed by atoms with Crippen LogP contribution in [0, 0.1) is 0 Å². The van der Waals surface area contributed by atoms with Gasteiger partial charge in [0.1, 0.15) is 17.5 Å². The molecule has 1 saturated heterocycles. The molecule has 0 aromatic carbocycles. The summed E-state index contributed by atoms with van der Waals surface area (Å²) in [4.78, 5) is 8.86. The molecule has 1 aliphatic heterocycles. The molecule has 0 bridgehead atoms. The quantitative estimate of drug-likeness (QED) is 0.841. The minimum absolute atomic E-state index is 0.0896. The van der Waals surface area contributed by atoms with Crippen LogP contribution in [0.1, 0.15) is 45.9 Å². The average molecular weight is 249 g/mol. The summed E-state index contributed by atoms with van der Waals surface area (Å²) in [5, 5.41) is 2.21. The van der Waals surface area contributed by atoms with Crippen LogP contribution in [-0.2, 0) is 5.41 Å². The Kier molecular flexibility index (Phi) is 3.71. The summed E-state index contributed by atoms with van der Waals surface area (Å²) in [7, 11) is 0. The number of hydrazine groups is 1. The van der Waals surface area contributed by atoms with Gasteiger partial charge in [0.25, 0.3) is 0 Å². The second-order valence-corrected chi connectivity index (χ2v) is 5.91. The summed E-state index contributed by atoms with van der Waals surface area (Å²) in [6.45, 7) is 8.40. The first-order valence-corrected chi connectivity index (χ1v) is 6.62. The van der Waals surface area contributed by atoms with Crippen LogP contribution in [0.25, 0.3) is 0 Å². The lowest BCUT2D eigenvalue weighted by atomic mass is 9.96. The number of rotatable bonds is 2. The number of nitrogen functional groups attached to an aromatic ring is 1. The molecule has 2 heterocycles. The topological polar surface area (TPSA) is 67.1 Å². The molecule has 1 fully saturated rings. The van der Waals surface area contributed by atoms with E-state index in [1.807, 2.05) is 0 Å². The van der Waals surface area contributed by atoms with Crippen LogP contribution in [0.3, 0.4) is 0 Å². The van der Waals surface area contributed by atoms with Gasteiger partial charge in [-0.05, 0) is 12.8 Å². The molecule has 0 atom stereocenters. The van der Waals surface area contributed by atoms with Crippen LogP contribution in [0.5, 0.6) is 0 Å². The first-order valence-electron chi connectivity index (χ1n) is 6.62. The van der Waals surface area contributed by atoms with Crippen molar-refractivity contribution in [2.24, 2.45) is 0 Å². The second kappa shape index (κ2) is 5.10. The van der Waals surface area contributed by atoms with Crippen LogP contribution in [0.2, 0.25) is 0 Å². The van der Waals surface area contributed by atoms with E-state index < -0.39 is 0 Å². The van der Waals surface area contributed by atoms with Crippen molar-refractivity contribution in [3.8, 4) is 0 Å². The maximum Gasteiger partial charge on any atom is 0.146 e. The monoisotopic (exact) mass is 249 g/mol. The Morgan fingerprint density at radius 3 is 2.44 bits per heavy atom. The number of aromatic nitrogens is 2. The van der Waals surface area contributed by atoms with E-state index in [0.29, 0.717) is 5.82 Å². The van der Waals surface area contributed by atoms with E-state index in [4.69, 9.17) is 5.73 Å². The summed E-state index contributed by atoms with van der Waals surface area (Å²) in [5.41, 5.74) is 9.10. The molecule has 0 radical (unpaired) electrons. The lowest BCUT2D eigenvalue weighted by Crippen LogP contribution is -2.35. The van der Waals surface area contributed by atoms with Crippen LogP contribution >= 0.6 is 0 Å². The van der Waals surface area contributed by atoms with Gasteiger partial charge in [-0.2, -0.15) is 0 Å². The summed E-state index contributed by atoms with van der Waals surface area (Å²) in [6.07, 6.45) is 3.79. The van der Waals surface area contributed by atoms with E-state index in [9.17, 15) is 0 Å². The third kappa shape index (κ3) is 3.32. The molecule has 3 N–H and O–H groups in total. The Morgan fingerprint density at radius 1 is 1.17 bits per heavy atom. The normalized spacial score (nSPS) is 17.7. The van der Waals surface area contributed by atoms with E-state index in [1.165, 1.54) is 19.3 Å². The molecule has 1 aliphatic rings. The number of piperidine rings is 1. The van der Waals surface area contributed by atoms with E-state index in [0.717, 1.165) is 24.7 Å². The van der Waals surface area contributed by atoms with Crippen molar-refractivity contribution >= 4 is 11.6 Å². The van der Waals surface area contributed by atoms with Gasteiger partial charge < -0.3 is 11.2 Å². The molecule has 1 aromatic rings. The Bertz CT molecular complexity index is 404. The number of hydrogen-bond donors (Lipinski definition) is 2. The zero-order chi connectivity index (χ0) is 13.2. The van der Waals surface area contributed by atoms with Gasteiger partial charge in [-0.3, -0.25) is 0 Å². The standard InChI is InChI=1S/C13H23N5/c1-13(2,3)12-15-10(14)9-11(16-12)17-18-7-5-4-6-8-18/h9H,4-8H2,1-3H3,(H3,14,15,16,17). The van der Waals surface area contributed by atoms with Gasteiger partial charge in [0.05, 0.1) is 0 Å². The Morgan fingerprint density at radius 2 is 1.83 bits per heavy atom. The van der Waals surface area contributed by atoms with Crippen molar-refractivity contribution in [1.29, 1.82) is 0 Å². The highest BCUT2D eigenvalue weighted by Crippen LogP contribution is 2.21. The molecule has 0 spiro atoms. The van der Waals surface area contributed by atoms with Crippen molar-refractivity contribution in [2.45, 2.75) is 45.4 Å². The number of nitrogens with one attached hydrogen (secondary N) is 1. The van der Waals surface area contributed by atoms with Crippen molar-refractivity contribution < 1.29 is 0 Å². The second-order valence-electron chi connectivity index (χ2n) is 5.91. The number of nitrogens with two attached hydrogens (primary N) is 1. The van der Waals surface area contributed by atoms with E-state index >= 15 is 0 Å². The summed E-state index contributed by atoms with van der Waals surface area (Å²) < 4.78 is 0. The largest absolute Gasteiger partial charge is 0.384 e. The molecule has 1 aromatic heterocycles. The van der Waals surface area contributed by atoms with Crippen molar-refractivity contribution in [1.82, 2.24) is 15.0 Å². The molecular weight excluding hydrogens is 226 g/mol. The third-order valence-electron chi connectivity index (χ3n) is 3.05. The first kappa shape index (κ1) is 13.1. The van der Waals surface area contributed by atoms with Crippen molar-refractivity contribution in [2.75, 3.05) is 24.2 Å². The Hall–Kier alpha value is -1.36. The van der Waals surface area contributed by atoms with Gasteiger partial charge in [-0.1, -0.05) is 27.2 Å². The molecule has 2 rings (SSSR count). The Labute approximate surface area is 109 Å². The maximum atomic E-state index is 5.85. The molecule has 0 amide bonds.